The second-order valence-corrected chi connectivity index (χ2v) is 6.30. The standard InChI is InChI=1S/C19H15FN2O2S/c1-13(17-11-12-18(25-17)14-5-3-2-4-6-14)22-24-19(23)21-16-9-7-15(20)8-10-16/h2-12H,1H3,(H,21,23)/b22-13+. The molecule has 0 spiro atoms. The van der Waals surface area contributed by atoms with Gasteiger partial charge in [-0.1, -0.05) is 35.5 Å². The lowest BCUT2D eigenvalue weighted by atomic mass is 10.2. The fourth-order valence-electron chi connectivity index (χ4n) is 2.12. The van der Waals surface area contributed by atoms with Gasteiger partial charge in [-0.2, -0.15) is 0 Å². The zero-order valence-electron chi connectivity index (χ0n) is 13.4. The van der Waals surface area contributed by atoms with Crippen LogP contribution in [0.2, 0.25) is 0 Å². The molecule has 0 fully saturated rings. The maximum atomic E-state index is 12.8. The molecule has 0 atom stereocenters. The molecule has 1 N–H and O–H groups in total. The quantitative estimate of drug-likeness (QED) is 0.381. The summed E-state index contributed by atoms with van der Waals surface area (Å²) in [5.41, 5.74) is 2.16. The van der Waals surface area contributed by atoms with E-state index in [-0.39, 0.29) is 5.82 Å². The fourth-order valence-corrected chi connectivity index (χ4v) is 3.07. The second kappa shape index (κ2) is 7.72. The van der Waals surface area contributed by atoms with Gasteiger partial charge in [-0.3, -0.25) is 10.2 Å². The van der Waals surface area contributed by atoms with Crippen molar-refractivity contribution in [2.24, 2.45) is 5.16 Å². The highest BCUT2D eigenvalue weighted by Gasteiger charge is 2.07. The molecular formula is C19H15FN2O2S. The number of amides is 1. The van der Waals surface area contributed by atoms with Crippen molar-refractivity contribution in [2.75, 3.05) is 5.32 Å². The number of halogens is 1. The van der Waals surface area contributed by atoms with Gasteiger partial charge in [-0.25, -0.2) is 9.18 Å². The number of nitrogens with one attached hydrogen (secondary N) is 1. The van der Waals surface area contributed by atoms with Crippen molar-refractivity contribution in [1.29, 1.82) is 0 Å². The molecule has 0 saturated carbocycles. The number of hydrogen-bond acceptors (Lipinski definition) is 4. The molecule has 1 heterocycles. The van der Waals surface area contributed by atoms with Crippen molar-refractivity contribution in [3.05, 3.63) is 77.4 Å². The first-order valence-corrected chi connectivity index (χ1v) is 8.37. The molecule has 0 radical (unpaired) electrons. The predicted octanol–water partition coefficient (Wildman–Crippen LogP) is 5.53. The number of carbonyl (C=O) groups is 1. The Labute approximate surface area is 148 Å². The van der Waals surface area contributed by atoms with E-state index in [2.05, 4.69) is 10.5 Å². The molecule has 3 rings (SSSR count). The Morgan fingerprint density at radius 2 is 1.76 bits per heavy atom. The largest absolute Gasteiger partial charge is 0.437 e. The van der Waals surface area contributed by atoms with Crippen LogP contribution in [-0.2, 0) is 4.84 Å². The first-order valence-electron chi connectivity index (χ1n) is 7.55. The van der Waals surface area contributed by atoms with Crippen LogP contribution in [0.1, 0.15) is 11.8 Å². The van der Waals surface area contributed by atoms with Crippen molar-refractivity contribution >= 4 is 28.8 Å². The van der Waals surface area contributed by atoms with Gasteiger partial charge in [0, 0.05) is 10.6 Å². The van der Waals surface area contributed by atoms with Crippen molar-refractivity contribution < 1.29 is 14.0 Å². The van der Waals surface area contributed by atoms with Gasteiger partial charge >= 0.3 is 6.09 Å². The van der Waals surface area contributed by atoms with Crippen molar-refractivity contribution in [3.63, 3.8) is 0 Å². The maximum Gasteiger partial charge on any atom is 0.437 e. The molecule has 0 aliphatic rings. The topological polar surface area (TPSA) is 50.7 Å². The Morgan fingerprint density at radius 1 is 1.04 bits per heavy atom. The van der Waals surface area contributed by atoms with Crippen LogP contribution in [0, 0.1) is 5.82 Å². The first-order chi connectivity index (χ1) is 12.1. The van der Waals surface area contributed by atoms with Crippen LogP contribution >= 0.6 is 11.3 Å². The molecule has 0 aliphatic heterocycles. The minimum absolute atomic E-state index is 0.375. The molecule has 3 aromatic rings. The van der Waals surface area contributed by atoms with Gasteiger partial charge in [-0.15, -0.1) is 11.3 Å². The SMILES string of the molecule is C/C(=N\OC(=O)Nc1ccc(F)cc1)c1ccc(-c2ccccc2)s1. The molecule has 2 aromatic carbocycles. The summed E-state index contributed by atoms with van der Waals surface area (Å²) in [6, 6.07) is 19.3. The zero-order chi connectivity index (χ0) is 17.6. The molecule has 4 nitrogen and oxygen atoms in total. The maximum absolute atomic E-state index is 12.8. The van der Waals surface area contributed by atoms with Gasteiger partial charge < -0.3 is 0 Å². The Bertz CT molecular complexity index is 889. The summed E-state index contributed by atoms with van der Waals surface area (Å²) in [6.07, 6.45) is -0.731. The van der Waals surface area contributed by atoms with E-state index in [9.17, 15) is 9.18 Å². The third-order valence-corrected chi connectivity index (χ3v) is 4.62. The van der Waals surface area contributed by atoms with Crippen molar-refractivity contribution in [2.45, 2.75) is 6.92 Å². The van der Waals surface area contributed by atoms with Gasteiger partial charge in [-0.05, 0) is 48.9 Å². The van der Waals surface area contributed by atoms with E-state index in [0.717, 1.165) is 15.3 Å². The van der Waals surface area contributed by atoms with Gasteiger partial charge in [0.2, 0.25) is 0 Å². The highest BCUT2D eigenvalue weighted by molar-refractivity contribution is 7.17. The molecule has 0 saturated heterocycles. The summed E-state index contributed by atoms with van der Waals surface area (Å²) in [5.74, 6) is -0.375. The Hall–Kier alpha value is -2.99. The van der Waals surface area contributed by atoms with Crippen LogP contribution < -0.4 is 5.32 Å². The molecule has 1 amide bonds. The number of oxime groups is 1. The molecule has 1 aromatic heterocycles. The predicted molar refractivity (Wildman–Crippen MR) is 98.5 cm³/mol. The minimum Gasteiger partial charge on any atom is -0.297 e. The molecule has 0 bridgehead atoms. The average Bonchev–Trinajstić information content (AvgIpc) is 3.13. The Morgan fingerprint density at radius 3 is 2.48 bits per heavy atom. The molecule has 0 unspecified atom stereocenters. The highest BCUT2D eigenvalue weighted by atomic mass is 32.1. The van der Waals surface area contributed by atoms with Crippen molar-refractivity contribution in [1.82, 2.24) is 0 Å². The van der Waals surface area contributed by atoms with E-state index in [1.165, 1.54) is 24.3 Å². The van der Waals surface area contributed by atoms with Crippen LogP contribution in [0.4, 0.5) is 14.9 Å². The molecule has 0 aliphatic carbocycles. The molecular weight excluding hydrogens is 339 g/mol. The van der Waals surface area contributed by atoms with Crippen LogP contribution in [-0.4, -0.2) is 11.8 Å². The van der Waals surface area contributed by atoms with E-state index in [0.29, 0.717) is 11.4 Å². The number of anilines is 1. The lowest BCUT2D eigenvalue weighted by molar-refractivity contribution is 0.166. The van der Waals surface area contributed by atoms with E-state index < -0.39 is 6.09 Å². The second-order valence-electron chi connectivity index (χ2n) is 5.22. The van der Waals surface area contributed by atoms with E-state index in [1.807, 2.05) is 42.5 Å². The Kier molecular flexibility index (Phi) is 5.20. The fraction of sp³-hybridized carbons (Fsp3) is 0.0526. The normalized spacial score (nSPS) is 11.2. The number of hydrogen-bond donors (Lipinski definition) is 1. The Balaban J connectivity index is 1.62. The summed E-state index contributed by atoms with van der Waals surface area (Å²) >= 11 is 1.57. The summed E-state index contributed by atoms with van der Waals surface area (Å²) in [6.45, 7) is 1.77. The number of carbonyl (C=O) groups excluding carboxylic acids is 1. The molecule has 25 heavy (non-hydrogen) atoms. The monoisotopic (exact) mass is 354 g/mol. The van der Waals surface area contributed by atoms with Crippen LogP contribution in [0.25, 0.3) is 10.4 Å². The smallest absolute Gasteiger partial charge is 0.297 e. The highest BCUT2D eigenvalue weighted by Crippen LogP contribution is 2.28. The van der Waals surface area contributed by atoms with Crippen LogP contribution in [0.3, 0.4) is 0 Å². The summed E-state index contributed by atoms with van der Waals surface area (Å²) in [7, 11) is 0. The van der Waals surface area contributed by atoms with E-state index in [4.69, 9.17) is 4.84 Å². The number of nitrogens with zero attached hydrogens (tertiary/aromatic N) is 1. The third kappa shape index (κ3) is 4.51. The summed E-state index contributed by atoms with van der Waals surface area (Å²) in [5, 5.41) is 6.33. The minimum atomic E-state index is -0.731. The van der Waals surface area contributed by atoms with Crippen LogP contribution in [0.15, 0.2) is 71.9 Å². The molecule has 6 heteroatoms. The lowest BCUT2D eigenvalue weighted by Gasteiger charge is -2.03. The lowest BCUT2D eigenvalue weighted by Crippen LogP contribution is -2.11. The summed E-state index contributed by atoms with van der Waals surface area (Å²) in [4.78, 5) is 18.6. The first kappa shape index (κ1) is 16.9. The van der Waals surface area contributed by atoms with Gasteiger partial charge in [0.1, 0.15) is 5.82 Å². The van der Waals surface area contributed by atoms with Crippen molar-refractivity contribution in [3.8, 4) is 10.4 Å². The zero-order valence-corrected chi connectivity index (χ0v) is 14.2. The van der Waals surface area contributed by atoms with E-state index >= 15 is 0 Å². The van der Waals surface area contributed by atoms with Gasteiger partial charge in [0.05, 0.1) is 10.6 Å². The number of benzene rings is 2. The van der Waals surface area contributed by atoms with Gasteiger partial charge in [0.25, 0.3) is 0 Å². The van der Waals surface area contributed by atoms with E-state index in [1.54, 1.807) is 18.3 Å². The van der Waals surface area contributed by atoms with Crippen LogP contribution in [0.5, 0.6) is 0 Å². The third-order valence-electron chi connectivity index (χ3n) is 3.38. The average molecular weight is 354 g/mol. The molecule has 126 valence electrons. The number of thiophene rings is 1. The summed E-state index contributed by atoms with van der Waals surface area (Å²) < 4.78 is 12.8. The number of rotatable bonds is 4. The van der Waals surface area contributed by atoms with Gasteiger partial charge in [0.15, 0.2) is 0 Å².